The van der Waals surface area contributed by atoms with Gasteiger partial charge >= 0.3 is 12.0 Å². The molecule has 1 heterocycles. The molecule has 0 unspecified atom stereocenters. The molecule has 0 radical (unpaired) electrons. The van der Waals surface area contributed by atoms with Gasteiger partial charge in [-0.15, -0.1) is 0 Å². The first-order valence-corrected chi connectivity index (χ1v) is 7.55. The van der Waals surface area contributed by atoms with E-state index >= 15 is 0 Å². The summed E-state index contributed by atoms with van der Waals surface area (Å²) in [7, 11) is 0. The number of hydrogen-bond donors (Lipinski definition) is 3. The van der Waals surface area contributed by atoms with Crippen molar-refractivity contribution in [3.8, 4) is 0 Å². The van der Waals surface area contributed by atoms with Crippen molar-refractivity contribution in [1.82, 2.24) is 15.1 Å². The Morgan fingerprint density at radius 1 is 1.19 bits per heavy atom. The highest BCUT2D eigenvalue weighted by atomic mass is 16.4. The van der Waals surface area contributed by atoms with E-state index in [0.29, 0.717) is 32.6 Å². The number of aliphatic carboxylic acids is 1. The molecule has 0 aliphatic carbocycles. The van der Waals surface area contributed by atoms with Crippen LogP contribution in [-0.4, -0.2) is 77.4 Å². The molecule has 21 heavy (non-hydrogen) atoms. The molecule has 0 aromatic rings. The minimum absolute atomic E-state index is 0.113. The van der Waals surface area contributed by atoms with E-state index in [1.807, 2.05) is 13.8 Å². The van der Waals surface area contributed by atoms with Gasteiger partial charge in [-0.2, -0.15) is 0 Å². The molecule has 7 nitrogen and oxygen atoms in total. The molecule has 1 fully saturated rings. The van der Waals surface area contributed by atoms with Crippen LogP contribution in [0.5, 0.6) is 0 Å². The molecule has 0 spiro atoms. The summed E-state index contributed by atoms with van der Waals surface area (Å²) in [6, 6.07) is -1.15. The molecule has 1 saturated heterocycles. The molecular formula is C14H27N3O4. The fraction of sp³-hybridized carbons (Fsp3) is 0.857. The average Bonchev–Trinajstić information content (AvgIpc) is 2.63. The second kappa shape index (κ2) is 8.84. The zero-order valence-corrected chi connectivity index (χ0v) is 12.9. The second-order valence-electron chi connectivity index (χ2n) is 5.88. The summed E-state index contributed by atoms with van der Waals surface area (Å²) in [5.74, 6) is -0.788. The number of aliphatic hydroxyl groups excluding tert-OH is 1. The van der Waals surface area contributed by atoms with Crippen LogP contribution >= 0.6 is 0 Å². The van der Waals surface area contributed by atoms with Gasteiger partial charge in [-0.25, -0.2) is 9.59 Å². The van der Waals surface area contributed by atoms with Gasteiger partial charge in [0.25, 0.3) is 0 Å². The summed E-state index contributed by atoms with van der Waals surface area (Å²) in [5, 5.41) is 20.7. The third-order valence-electron chi connectivity index (χ3n) is 3.59. The van der Waals surface area contributed by atoms with Crippen LogP contribution in [0.15, 0.2) is 0 Å². The number of nitrogens with zero attached hydrogens (tertiary/aromatic N) is 2. The Balaban J connectivity index is 2.51. The lowest BCUT2D eigenvalue weighted by molar-refractivity contribution is -0.139. The second-order valence-corrected chi connectivity index (χ2v) is 5.88. The maximum Gasteiger partial charge on any atom is 0.326 e. The number of carbonyl (C=O) groups is 2. The molecule has 122 valence electrons. The highest BCUT2D eigenvalue weighted by molar-refractivity contribution is 5.82. The fourth-order valence-corrected chi connectivity index (χ4v) is 2.47. The van der Waals surface area contributed by atoms with Crippen LogP contribution < -0.4 is 5.32 Å². The first kappa shape index (κ1) is 17.7. The Labute approximate surface area is 125 Å². The van der Waals surface area contributed by atoms with Crippen LogP contribution in [-0.2, 0) is 4.79 Å². The molecule has 0 aromatic heterocycles. The quantitative estimate of drug-likeness (QED) is 0.651. The van der Waals surface area contributed by atoms with E-state index in [9.17, 15) is 9.59 Å². The van der Waals surface area contributed by atoms with Crippen LogP contribution in [0.25, 0.3) is 0 Å². The van der Waals surface area contributed by atoms with E-state index in [2.05, 4.69) is 10.2 Å². The van der Waals surface area contributed by atoms with Crippen molar-refractivity contribution < 1.29 is 19.8 Å². The fourth-order valence-electron chi connectivity index (χ4n) is 2.47. The molecule has 2 amide bonds. The number of hydrogen-bond acceptors (Lipinski definition) is 4. The third-order valence-corrected chi connectivity index (χ3v) is 3.59. The third kappa shape index (κ3) is 6.31. The number of urea groups is 1. The van der Waals surface area contributed by atoms with Crippen molar-refractivity contribution in [2.24, 2.45) is 5.92 Å². The van der Waals surface area contributed by atoms with Gasteiger partial charge in [0.2, 0.25) is 0 Å². The lowest BCUT2D eigenvalue weighted by Crippen LogP contribution is -2.49. The molecule has 0 saturated carbocycles. The number of carbonyl (C=O) groups excluding carboxylic acids is 1. The molecule has 7 heteroatoms. The summed E-state index contributed by atoms with van der Waals surface area (Å²) in [5.41, 5.74) is 0. The lowest BCUT2D eigenvalue weighted by Gasteiger charge is -2.24. The van der Waals surface area contributed by atoms with Gasteiger partial charge in [0.15, 0.2) is 0 Å². The van der Waals surface area contributed by atoms with Crippen LogP contribution in [0, 0.1) is 5.92 Å². The summed E-state index contributed by atoms with van der Waals surface area (Å²) < 4.78 is 0. The summed E-state index contributed by atoms with van der Waals surface area (Å²) in [6.07, 6.45) is 1.25. The van der Waals surface area contributed by atoms with E-state index < -0.39 is 12.0 Å². The normalized spacial score (nSPS) is 18.4. The molecular weight excluding hydrogens is 274 g/mol. The Morgan fingerprint density at radius 2 is 1.90 bits per heavy atom. The number of amides is 2. The first-order valence-electron chi connectivity index (χ1n) is 7.55. The van der Waals surface area contributed by atoms with Gasteiger partial charge in [-0.05, 0) is 25.3 Å². The van der Waals surface area contributed by atoms with Crippen molar-refractivity contribution in [2.45, 2.75) is 32.7 Å². The maximum atomic E-state index is 12.2. The predicted molar refractivity (Wildman–Crippen MR) is 79.1 cm³/mol. The lowest BCUT2D eigenvalue weighted by atomic mass is 10.0. The van der Waals surface area contributed by atoms with Crippen molar-refractivity contribution in [3.05, 3.63) is 0 Å². The van der Waals surface area contributed by atoms with Crippen LogP contribution in [0.3, 0.4) is 0 Å². The van der Waals surface area contributed by atoms with Crippen LogP contribution in [0.2, 0.25) is 0 Å². The number of aliphatic hydroxyl groups is 1. The maximum absolute atomic E-state index is 12.2. The number of carboxylic acid groups (broad SMARTS) is 1. The standard InChI is InChI=1S/C14H27N3O4/c1-11(2)10-12(13(19)20)15-14(21)17-5-3-4-16(6-7-17)8-9-18/h11-12,18H,3-10H2,1-2H3,(H,15,21)(H,19,20)/t12-/m1/s1. The van der Waals surface area contributed by atoms with Crippen molar-refractivity contribution in [3.63, 3.8) is 0 Å². The zero-order chi connectivity index (χ0) is 15.8. The highest BCUT2D eigenvalue weighted by Crippen LogP contribution is 2.07. The van der Waals surface area contributed by atoms with E-state index in [0.717, 1.165) is 13.0 Å². The Kier molecular flexibility index (Phi) is 7.45. The Morgan fingerprint density at radius 3 is 2.48 bits per heavy atom. The Bertz CT molecular complexity index is 349. The number of rotatable bonds is 6. The molecule has 3 N–H and O–H groups in total. The van der Waals surface area contributed by atoms with Crippen LogP contribution in [0.1, 0.15) is 26.7 Å². The van der Waals surface area contributed by atoms with Gasteiger partial charge in [0, 0.05) is 26.2 Å². The van der Waals surface area contributed by atoms with Gasteiger partial charge in [0.05, 0.1) is 6.61 Å². The van der Waals surface area contributed by atoms with Gasteiger partial charge in [-0.1, -0.05) is 13.8 Å². The predicted octanol–water partition coefficient (Wildman–Crippen LogP) is 0.195. The monoisotopic (exact) mass is 301 g/mol. The minimum atomic E-state index is -0.992. The summed E-state index contributed by atoms with van der Waals surface area (Å²) >= 11 is 0. The molecule has 1 rings (SSSR count). The number of β-amino-alcohol motifs (C(OH)–C–C–N with tert-alkyl or cyclic N) is 1. The van der Waals surface area contributed by atoms with Crippen molar-refractivity contribution in [2.75, 3.05) is 39.3 Å². The van der Waals surface area contributed by atoms with E-state index in [1.165, 1.54) is 0 Å². The molecule has 1 atom stereocenters. The van der Waals surface area contributed by atoms with E-state index in [-0.39, 0.29) is 18.6 Å². The van der Waals surface area contributed by atoms with Crippen LogP contribution in [0.4, 0.5) is 4.79 Å². The number of carboxylic acids is 1. The smallest absolute Gasteiger partial charge is 0.326 e. The van der Waals surface area contributed by atoms with Crippen molar-refractivity contribution >= 4 is 12.0 Å². The molecule has 1 aliphatic heterocycles. The van der Waals surface area contributed by atoms with E-state index in [4.69, 9.17) is 10.2 Å². The van der Waals surface area contributed by atoms with E-state index in [1.54, 1.807) is 4.90 Å². The largest absolute Gasteiger partial charge is 0.480 e. The number of nitrogens with one attached hydrogen (secondary N) is 1. The minimum Gasteiger partial charge on any atom is -0.480 e. The zero-order valence-electron chi connectivity index (χ0n) is 12.9. The Hall–Kier alpha value is -1.34. The average molecular weight is 301 g/mol. The topological polar surface area (TPSA) is 93.1 Å². The molecule has 0 aromatic carbocycles. The SMILES string of the molecule is CC(C)C[C@@H](NC(=O)N1CCCN(CCO)CC1)C(=O)O. The van der Waals surface area contributed by atoms with Gasteiger partial charge < -0.3 is 20.4 Å². The summed E-state index contributed by atoms with van der Waals surface area (Å²) in [4.78, 5) is 27.2. The van der Waals surface area contributed by atoms with Gasteiger partial charge in [0.1, 0.15) is 6.04 Å². The first-order chi connectivity index (χ1) is 9.93. The molecule has 1 aliphatic rings. The highest BCUT2D eigenvalue weighted by Gasteiger charge is 2.25. The van der Waals surface area contributed by atoms with Gasteiger partial charge in [-0.3, -0.25) is 4.90 Å². The molecule has 0 bridgehead atoms. The van der Waals surface area contributed by atoms with Crippen molar-refractivity contribution in [1.29, 1.82) is 0 Å². The summed E-state index contributed by atoms with van der Waals surface area (Å²) in [6.45, 7) is 7.31.